The number of hydrogen-bond acceptors (Lipinski definition) is 5. The summed E-state index contributed by atoms with van der Waals surface area (Å²) in [6, 6.07) is 47.5. The molecule has 0 aliphatic heterocycles. The number of rotatable bonds is 5. The van der Waals surface area contributed by atoms with Gasteiger partial charge in [0, 0.05) is 33.9 Å². The third-order valence-corrected chi connectivity index (χ3v) is 8.98. The summed E-state index contributed by atoms with van der Waals surface area (Å²) in [4.78, 5) is 19.6. The number of nitriles is 1. The SMILES string of the molecule is CC1(C)c2cc(-c3cc(-c4ccccn4)cc(-c4nc(-c5ccccc5)nc(-c5ccccc5)n4)c3)ccc2-c2cccc(C#N)c21. The van der Waals surface area contributed by atoms with E-state index in [1.807, 2.05) is 97.2 Å². The fourth-order valence-electron chi connectivity index (χ4n) is 6.70. The number of nitrogens with zero attached hydrogens (tertiary/aromatic N) is 5. The van der Waals surface area contributed by atoms with Crippen LogP contribution in [0.5, 0.6) is 0 Å². The summed E-state index contributed by atoms with van der Waals surface area (Å²) in [6.45, 7) is 4.41. The van der Waals surface area contributed by atoms with Crippen molar-refractivity contribution < 1.29 is 0 Å². The van der Waals surface area contributed by atoms with Gasteiger partial charge in [-0.15, -0.1) is 0 Å². The van der Waals surface area contributed by atoms with Gasteiger partial charge in [-0.3, -0.25) is 4.98 Å². The Morgan fingerprint density at radius 3 is 1.77 bits per heavy atom. The van der Waals surface area contributed by atoms with E-state index < -0.39 is 0 Å². The van der Waals surface area contributed by atoms with Crippen molar-refractivity contribution in [2.24, 2.45) is 0 Å². The van der Waals surface area contributed by atoms with E-state index in [9.17, 15) is 5.26 Å². The van der Waals surface area contributed by atoms with E-state index in [4.69, 9.17) is 19.9 Å². The molecule has 222 valence electrons. The maximum atomic E-state index is 9.94. The first-order valence-corrected chi connectivity index (χ1v) is 15.6. The van der Waals surface area contributed by atoms with Gasteiger partial charge < -0.3 is 0 Å². The molecule has 2 aromatic heterocycles. The van der Waals surface area contributed by atoms with E-state index in [1.54, 1.807) is 0 Å². The quantitative estimate of drug-likeness (QED) is 0.196. The van der Waals surface area contributed by atoms with Crippen LogP contribution in [0.1, 0.15) is 30.5 Å². The molecule has 5 aromatic carbocycles. The van der Waals surface area contributed by atoms with Crippen LogP contribution in [0.2, 0.25) is 0 Å². The van der Waals surface area contributed by atoms with Crippen LogP contribution in [0.25, 0.3) is 67.7 Å². The van der Waals surface area contributed by atoms with Gasteiger partial charge in [-0.25, -0.2) is 15.0 Å². The highest BCUT2D eigenvalue weighted by atomic mass is 15.0. The summed E-state index contributed by atoms with van der Waals surface area (Å²) in [5.41, 5.74) is 11.6. The molecule has 0 bridgehead atoms. The summed E-state index contributed by atoms with van der Waals surface area (Å²) in [5.74, 6) is 1.82. The molecular formula is C42H29N5. The number of fused-ring (bicyclic) bond motifs is 3. The van der Waals surface area contributed by atoms with Crippen LogP contribution >= 0.6 is 0 Å². The van der Waals surface area contributed by atoms with Crippen LogP contribution in [0.4, 0.5) is 0 Å². The monoisotopic (exact) mass is 603 g/mol. The van der Waals surface area contributed by atoms with Gasteiger partial charge in [0.2, 0.25) is 0 Å². The van der Waals surface area contributed by atoms with Gasteiger partial charge in [0.1, 0.15) is 0 Å². The molecule has 5 heteroatoms. The predicted molar refractivity (Wildman–Crippen MR) is 187 cm³/mol. The fourth-order valence-corrected chi connectivity index (χ4v) is 6.70. The maximum Gasteiger partial charge on any atom is 0.164 e. The van der Waals surface area contributed by atoms with Crippen LogP contribution in [0.3, 0.4) is 0 Å². The van der Waals surface area contributed by atoms with E-state index in [-0.39, 0.29) is 5.41 Å². The zero-order chi connectivity index (χ0) is 32.0. The third-order valence-electron chi connectivity index (χ3n) is 8.98. The lowest BCUT2D eigenvalue weighted by Gasteiger charge is -2.23. The van der Waals surface area contributed by atoms with Gasteiger partial charge in [-0.1, -0.05) is 105 Å². The number of pyridine rings is 1. The molecule has 0 fully saturated rings. The first-order chi connectivity index (χ1) is 23.0. The standard InChI is InChI=1S/C42H29N5/c1-42(2)36-25-29(19-20-34(36)35-17-11-16-30(26-43)38(35)42)31-22-32(37-18-9-10-21-44-37)24-33(23-31)41-46-39(27-12-5-3-6-13-27)45-40(47-41)28-14-7-4-8-15-28/h3-25H,1-2H3. The molecular weight excluding hydrogens is 574 g/mol. The molecule has 0 unspecified atom stereocenters. The smallest absolute Gasteiger partial charge is 0.164 e. The Morgan fingerprint density at radius 1 is 0.511 bits per heavy atom. The Hall–Kier alpha value is -6.25. The second-order valence-corrected chi connectivity index (χ2v) is 12.3. The maximum absolute atomic E-state index is 9.94. The number of aromatic nitrogens is 4. The first-order valence-electron chi connectivity index (χ1n) is 15.6. The molecule has 0 saturated carbocycles. The average molecular weight is 604 g/mol. The van der Waals surface area contributed by atoms with E-state index in [1.165, 1.54) is 11.1 Å². The van der Waals surface area contributed by atoms with Crippen molar-refractivity contribution >= 4 is 0 Å². The summed E-state index contributed by atoms with van der Waals surface area (Å²) >= 11 is 0. The molecule has 0 radical (unpaired) electrons. The number of benzene rings is 5. The zero-order valence-corrected chi connectivity index (χ0v) is 26.0. The van der Waals surface area contributed by atoms with Crippen LogP contribution < -0.4 is 0 Å². The Kier molecular flexibility index (Phi) is 6.78. The normalized spacial score (nSPS) is 12.6. The largest absolute Gasteiger partial charge is 0.256 e. The van der Waals surface area contributed by atoms with Crippen molar-refractivity contribution in [2.75, 3.05) is 0 Å². The average Bonchev–Trinajstić information content (AvgIpc) is 3.38. The van der Waals surface area contributed by atoms with Crippen molar-refractivity contribution in [1.82, 2.24) is 19.9 Å². The van der Waals surface area contributed by atoms with Gasteiger partial charge in [-0.05, 0) is 75.8 Å². The Labute approximate surface area is 273 Å². The van der Waals surface area contributed by atoms with E-state index in [2.05, 4.69) is 62.4 Å². The minimum Gasteiger partial charge on any atom is -0.256 e. The van der Waals surface area contributed by atoms with Gasteiger partial charge in [0.15, 0.2) is 17.5 Å². The summed E-state index contributed by atoms with van der Waals surface area (Å²) in [7, 11) is 0. The molecule has 5 nitrogen and oxygen atoms in total. The Morgan fingerprint density at radius 2 is 1.13 bits per heavy atom. The van der Waals surface area contributed by atoms with Crippen LogP contribution in [0, 0.1) is 11.3 Å². The molecule has 0 atom stereocenters. The van der Waals surface area contributed by atoms with Crippen LogP contribution in [-0.4, -0.2) is 19.9 Å². The van der Waals surface area contributed by atoms with E-state index >= 15 is 0 Å². The zero-order valence-electron chi connectivity index (χ0n) is 26.0. The second-order valence-electron chi connectivity index (χ2n) is 12.3. The molecule has 0 saturated heterocycles. The van der Waals surface area contributed by atoms with Gasteiger partial charge in [-0.2, -0.15) is 5.26 Å². The van der Waals surface area contributed by atoms with Crippen LogP contribution in [0.15, 0.2) is 140 Å². The van der Waals surface area contributed by atoms with Crippen molar-refractivity contribution in [3.05, 3.63) is 156 Å². The summed E-state index contributed by atoms with van der Waals surface area (Å²) in [5, 5.41) is 9.94. The molecule has 2 heterocycles. The lowest BCUT2D eigenvalue weighted by molar-refractivity contribution is 0.658. The molecule has 0 N–H and O–H groups in total. The lowest BCUT2D eigenvalue weighted by atomic mass is 9.79. The summed E-state index contributed by atoms with van der Waals surface area (Å²) < 4.78 is 0. The van der Waals surface area contributed by atoms with Gasteiger partial charge in [0.05, 0.1) is 17.3 Å². The predicted octanol–water partition coefficient (Wildman–Crippen LogP) is 9.78. The first kappa shape index (κ1) is 28.2. The molecule has 0 spiro atoms. The van der Waals surface area contributed by atoms with E-state index in [0.29, 0.717) is 17.5 Å². The Bertz CT molecular complexity index is 2260. The highest BCUT2D eigenvalue weighted by molar-refractivity contribution is 5.87. The second kappa shape index (κ2) is 11.3. The van der Waals surface area contributed by atoms with Crippen LogP contribution in [-0.2, 0) is 5.41 Å². The van der Waals surface area contributed by atoms with E-state index in [0.717, 1.165) is 55.8 Å². The summed E-state index contributed by atoms with van der Waals surface area (Å²) in [6.07, 6.45) is 1.81. The highest BCUT2D eigenvalue weighted by Crippen LogP contribution is 2.51. The minimum atomic E-state index is -0.322. The molecule has 1 aliphatic rings. The molecule has 1 aliphatic carbocycles. The molecule has 8 rings (SSSR count). The van der Waals surface area contributed by atoms with Crippen molar-refractivity contribution in [2.45, 2.75) is 19.3 Å². The Balaban J connectivity index is 1.33. The van der Waals surface area contributed by atoms with Crippen molar-refractivity contribution in [1.29, 1.82) is 5.26 Å². The van der Waals surface area contributed by atoms with Gasteiger partial charge >= 0.3 is 0 Å². The lowest BCUT2D eigenvalue weighted by Crippen LogP contribution is -2.16. The van der Waals surface area contributed by atoms with Crippen molar-refractivity contribution in [3.8, 4) is 73.7 Å². The fraction of sp³-hybridized carbons (Fsp3) is 0.0714. The number of hydrogen-bond donors (Lipinski definition) is 0. The highest BCUT2D eigenvalue weighted by Gasteiger charge is 2.37. The molecule has 47 heavy (non-hydrogen) atoms. The van der Waals surface area contributed by atoms with Crippen molar-refractivity contribution in [3.63, 3.8) is 0 Å². The molecule has 7 aromatic rings. The topological polar surface area (TPSA) is 75.3 Å². The minimum absolute atomic E-state index is 0.322. The third kappa shape index (κ3) is 4.97. The molecule has 0 amide bonds. The van der Waals surface area contributed by atoms with Gasteiger partial charge in [0.25, 0.3) is 0 Å².